The van der Waals surface area contributed by atoms with Crippen molar-refractivity contribution in [3.05, 3.63) is 23.2 Å². The van der Waals surface area contributed by atoms with Crippen LogP contribution in [0.15, 0.2) is 10.5 Å². The molecule has 1 fully saturated rings. The third-order valence-corrected chi connectivity index (χ3v) is 2.92. The minimum absolute atomic E-state index is 0. The minimum atomic E-state index is -0.112. The van der Waals surface area contributed by atoms with Gasteiger partial charge in [-0.1, -0.05) is 0 Å². The summed E-state index contributed by atoms with van der Waals surface area (Å²) >= 11 is 0. The quantitative estimate of drug-likeness (QED) is 0.869. The number of hydrogen-bond donors (Lipinski definition) is 2. The lowest BCUT2D eigenvalue weighted by atomic mass is 10.2. The zero-order valence-electron chi connectivity index (χ0n) is 10.2. The molecular weight excluding hydrogens is 240 g/mol. The summed E-state index contributed by atoms with van der Waals surface area (Å²) in [6, 6.07) is 2.29. The average molecular weight is 259 g/mol. The summed E-state index contributed by atoms with van der Waals surface area (Å²) in [7, 11) is 0. The monoisotopic (exact) mass is 258 g/mol. The molecule has 0 saturated carbocycles. The molecule has 1 aliphatic heterocycles. The van der Waals surface area contributed by atoms with Gasteiger partial charge in [0.2, 0.25) is 0 Å². The number of hydrogen-bond acceptors (Lipinski definition) is 3. The molecule has 0 bridgehead atoms. The molecule has 5 heteroatoms. The highest BCUT2D eigenvalue weighted by Crippen LogP contribution is 2.13. The molecule has 2 heterocycles. The summed E-state index contributed by atoms with van der Waals surface area (Å²) in [5.41, 5.74) is 0.898. The molecule has 1 aliphatic rings. The van der Waals surface area contributed by atoms with Crippen molar-refractivity contribution in [1.29, 1.82) is 0 Å². The largest absolute Gasteiger partial charge is 0.456 e. The highest BCUT2D eigenvalue weighted by atomic mass is 35.5. The summed E-state index contributed by atoms with van der Waals surface area (Å²) < 4.78 is 5.36. The number of furan rings is 1. The lowest BCUT2D eigenvalue weighted by Crippen LogP contribution is -2.37. The maximum Gasteiger partial charge on any atom is 0.287 e. The molecule has 1 aromatic rings. The van der Waals surface area contributed by atoms with Gasteiger partial charge in [-0.25, -0.2) is 0 Å². The Balaban J connectivity index is 0.00000144. The Morgan fingerprint density at radius 3 is 2.88 bits per heavy atom. The lowest BCUT2D eigenvalue weighted by molar-refractivity contribution is 0.0920. The van der Waals surface area contributed by atoms with Crippen molar-refractivity contribution in [2.45, 2.75) is 32.7 Å². The zero-order valence-corrected chi connectivity index (χ0v) is 11.0. The summed E-state index contributed by atoms with van der Waals surface area (Å²) in [5, 5.41) is 6.24. The van der Waals surface area contributed by atoms with Gasteiger partial charge in [0, 0.05) is 18.2 Å². The van der Waals surface area contributed by atoms with Gasteiger partial charge in [0.1, 0.15) is 5.76 Å². The zero-order chi connectivity index (χ0) is 11.5. The van der Waals surface area contributed by atoms with Crippen LogP contribution in [0.5, 0.6) is 0 Å². The third kappa shape index (κ3) is 3.48. The minimum Gasteiger partial charge on any atom is -0.456 e. The summed E-state index contributed by atoms with van der Waals surface area (Å²) in [6.45, 7) is 5.47. The normalized spacial score (nSPS) is 18.8. The fraction of sp³-hybridized carbons (Fsp3) is 0.583. The van der Waals surface area contributed by atoms with E-state index in [1.54, 1.807) is 0 Å². The van der Waals surface area contributed by atoms with Gasteiger partial charge in [-0.05, 0) is 39.3 Å². The molecule has 1 aromatic heterocycles. The van der Waals surface area contributed by atoms with Gasteiger partial charge in [-0.3, -0.25) is 4.79 Å². The first-order chi connectivity index (χ1) is 7.66. The number of amides is 1. The average Bonchev–Trinajstić information content (AvgIpc) is 2.84. The molecule has 0 aliphatic carbocycles. The number of carbonyl (C=O) groups excluding carboxylic acids is 1. The summed E-state index contributed by atoms with van der Waals surface area (Å²) in [5.74, 6) is 1.11. The first kappa shape index (κ1) is 14.1. The maximum absolute atomic E-state index is 11.8. The van der Waals surface area contributed by atoms with Crippen molar-refractivity contribution in [3.8, 4) is 0 Å². The second kappa shape index (κ2) is 6.07. The molecule has 0 aromatic carbocycles. The number of aryl methyl sites for hydroxylation is 2. The van der Waals surface area contributed by atoms with Gasteiger partial charge < -0.3 is 15.1 Å². The van der Waals surface area contributed by atoms with Crippen LogP contribution in [-0.2, 0) is 0 Å². The molecule has 1 unspecified atom stereocenters. The van der Waals surface area contributed by atoms with Crippen molar-refractivity contribution in [2.75, 3.05) is 13.1 Å². The third-order valence-electron chi connectivity index (χ3n) is 2.92. The van der Waals surface area contributed by atoms with Crippen molar-refractivity contribution >= 4 is 18.3 Å². The van der Waals surface area contributed by atoms with Crippen molar-refractivity contribution in [2.24, 2.45) is 0 Å². The standard InChI is InChI=1S/C12H18N2O2.ClH/c1-8-6-9(2)16-11(8)12(15)14-7-10-4-3-5-13-10;/h6,10,13H,3-5,7H2,1-2H3,(H,14,15);1H. The van der Waals surface area contributed by atoms with Crippen molar-refractivity contribution < 1.29 is 9.21 Å². The van der Waals surface area contributed by atoms with Crippen LogP contribution in [0, 0.1) is 13.8 Å². The van der Waals surface area contributed by atoms with E-state index in [2.05, 4.69) is 10.6 Å². The molecule has 2 rings (SSSR count). The van der Waals surface area contributed by atoms with E-state index in [0.717, 1.165) is 24.3 Å². The van der Waals surface area contributed by atoms with Gasteiger partial charge in [0.05, 0.1) is 0 Å². The second-order valence-electron chi connectivity index (χ2n) is 4.37. The smallest absolute Gasteiger partial charge is 0.287 e. The Morgan fingerprint density at radius 1 is 1.59 bits per heavy atom. The molecule has 4 nitrogen and oxygen atoms in total. The number of carbonyl (C=O) groups is 1. The van der Waals surface area contributed by atoms with Crippen LogP contribution < -0.4 is 10.6 Å². The predicted octanol–water partition coefficient (Wildman–Crippen LogP) is 1.80. The molecule has 96 valence electrons. The Hall–Kier alpha value is -1.00. The lowest BCUT2D eigenvalue weighted by Gasteiger charge is -2.10. The molecule has 17 heavy (non-hydrogen) atoms. The molecule has 0 spiro atoms. The van der Waals surface area contributed by atoms with Crippen LogP contribution in [0.2, 0.25) is 0 Å². The van der Waals surface area contributed by atoms with E-state index in [0.29, 0.717) is 18.3 Å². The highest BCUT2D eigenvalue weighted by molar-refractivity contribution is 5.92. The van der Waals surface area contributed by atoms with Crippen molar-refractivity contribution in [1.82, 2.24) is 10.6 Å². The SMILES string of the molecule is Cc1cc(C)c(C(=O)NCC2CCCN2)o1.Cl. The van der Waals surface area contributed by atoms with Crippen LogP contribution in [0.3, 0.4) is 0 Å². The fourth-order valence-corrected chi connectivity index (χ4v) is 2.09. The van der Waals surface area contributed by atoms with E-state index in [9.17, 15) is 4.79 Å². The van der Waals surface area contributed by atoms with Gasteiger partial charge in [-0.2, -0.15) is 0 Å². The molecule has 1 atom stereocenters. The van der Waals surface area contributed by atoms with E-state index < -0.39 is 0 Å². The van der Waals surface area contributed by atoms with Crippen LogP contribution in [0.4, 0.5) is 0 Å². The Kier molecular flexibility index (Phi) is 5.02. The van der Waals surface area contributed by atoms with E-state index >= 15 is 0 Å². The topological polar surface area (TPSA) is 54.3 Å². The van der Waals surface area contributed by atoms with E-state index in [1.807, 2.05) is 19.9 Å². The Morgan fingerprint density at radius 2 is 2.35 bits per heavy atom. The van der Waals surface area contributed by atoms with Crippen LogP contribution >= 0.6 is 12.4 Å². The number of halogens is 1. The Bertz CT molecular complexity index is 384. The van der Waals surface area contributed by atoms with E-state index in [4.69, 9.17) is 4.42 Å². The summed E-state index contributed by atoms with van der Waals surface area (Å²) in [4.78, 5) is 11.8. The van der Waals surface area contributed by atoms with Gasteiger partial charge >= 0.3 is 0 Å². The van der Waals surface area contributed by atoms with Crippen LogP contribution in [0.25, 0.3) is 0 Å². The summed E-state index contributed by atoms with van der Waals surface area (Å²) in [6.07, 6.45) is 2.33. The van der Waals surface area contributed by atoms with Gasteiger partial charge in [0.25, 0.3) is 5.91 Å². The molecular formula is C12H19ClN2O2. The van der Waals surface area contributed by atoms with Gasteiger partial charge in [-0.15, -0.1) is 12.4 Å². The molecule has 1 amide bonds. The van der Waals surface area contributed by atoms with E-state index in [-0.39, 0.29) is 18.3 Å². The van der Waals surface area contributed by atoms with Crippen molar-refractivity contribution in [3.63, 3.8) is 0 Å². The fourth-order valence-electron chi connectivity index (χ4n) is 2.09. The Labute approximate surface area is 108 Å². The van der Waals surface area contributed by atoms with Crippen LogP contribution in [-0.4, -0.2) is 25.0 Å². The first-order valence-electron chi connectivity index (χ1n) is 5.75. The maximum atomic E-state index is 11.8. The second-order valence-corrected chi connectivity index (χ2v) is 4.37. The predicted molar refractivity (Wildman–Crippen MR) is 68.8 cm³/mol. The first-order valence-corrected chi connectivity index (χ1v) is 5.75. The highest BCUT2D eigenvalue weighted by Gasteiger charge is 2.18. The van der Waals surface area contributed by atoms with Crippen LogP contribution in [0.1, 0.15) is 34.7 Å². The number of nitrogens with one attached hydrogen (secondary N) is 2. The van der Waals surface area contributed by atoms with Gasteiger partial charge in [0.15, 0.2) is 5.76 Å². The molecule has 2 N–H and O–H groups in total. The van der Waals surface area contributed by atoms with E-state index in [1.165, 1.54) is 6.42 Å². The number of rotatable bonds is 3. The molecule has 1 saturated heterocycles. The molecule has 0 radical (unpaired) electrons.